The van der Waals surface area contributed by atoms with E-state index in [0.29, 0.717) is 5.02 Å². The molecule has 3 nitrogen and oxygen atoms in total. The number of benzene rings is 1. The molecule has 0 saturated carbocycles. The number of aromatic nitrogens is 2. The summed E-state index contributed by atoms with van der Waals surface area (Å²) in [6.45, 7) is 5.24. The first-order valence-corrected chi connectivity index (χ1v) is 5.97. The Morgan fingerprint density at radius 1 is 1.50 bits per heavy atom. The molecule has 1 heterocycles. The number of nitrogens with one attached hydrogen (secondary N) is 2. The van der Waals surface area contributed by atoms with E-state index in [1.54, 1.807) is 0 Å². The average Bonchev–Trinajstić information content (AvgIpc) is 2.71. The van der Waals surface area contributed by atoms with Gasteiger partial charge in [0.1, 0.15) is 11.3 Å². The van der Waals surface area contributed by atoms with E-state index in [2.05, 4.69) is 29.1 Å². The highest BCUT2D eigenvalue weighted by atomic mass is 35.5. The van der Waals surface area contributed by atoms with Crippen molar-refractivity contribution >= 4 is 22.6 Å². The van der Waals surface area contributed by atoms with Gasteiger partial charge in [0.25, 0.3) is 0 Å². The molecule has 0 aliphatic heterocycles. The number of fused-ring (bicyclic) bond motifs is 1. The molecule has 0 radical (unpaired) electrons. The summed E-state index contributed by atoms with van der Waals surface area (Å²) in [6.07, 6.45) is 1.12. The van der Waals surface area contributed by atoms with Gasteiger partial charge in [-0.3, -0.25) is 0 Å². The van der Waals surface area contributed by atoms with Gasteiger partial charge in [0.05, 0.1) is 16.6 Å². The standard InChI is InChI=1S/C12H16ClN3/c1-3-7-14-8(2)12-15-10-6-4-5-9(13)11(10)16-12/h4-6,8,14H,3,7H2,1-2H3,(H,15,16). The van der Waals surface area contributed by atoms with Crippen molar-refractivity contribution in [2.45, 2.75) is 26.3 Å². The van der Waals surface area contributed by atoms with Gasteiger partial charge >= 0.3 is 0 Å². The highest BCUT2D eigenvalue weighted by molar-refractivity contribution is 6.34. The molecule has 1 aromatic carbocycles. The van der Waals surface area contributed by atoms with Crippen molar-refractivity contribution in [2.24, 2.45) is 0 Å². The second kappa shape index (κ2) is 4.85. The fourth-order valence-corrected chi connectivity index (χ4v) is 1.90. The Labute approximate surface area is 100 Å². The molecule has 1 unspecified atom stereocenters. The molecule has 1 atom stereocenters. The number of para-hydroxylation sites is 1. The summed E-state index contributed by atoms with van der Waals surface area (Å²) >= 11 is 6.08. The molecule has 2 aromatic rings. The lowest BCUT2D eigenvalue weighted by molar-refractivity contribution is 0.550. The van der Waals surface area contributed by atoms with Gasteiger partial charge in [0, 0.05) is 0 Å². The number of aromatic amines is 1. The molecule has 16 heavy (non-hydrogen) atoms. The molecule has 0 amide bonds. The Hall–Kier alpha value is -1.06. The molecule has 0 aliphatic carbocycles. The van der Waals surface area contributed by atoms with Gasteiger partial charge in [0.15, 0.2) is 0 Å². The number of imidazole rings is 1. The Bertz CT molecular complexity index is 478. The van der Waals surface area contributed by atoms with Gasteiger partial charge in [0.2, 0.25) is 0 Å². The minimum atomic E-state index is 0.225. The monoisotopic (exact) mass is 237 g/mol. The molecule has 0 saturated heterocycles. The quantitative estimate of drug-likeness (QED) is 0.857. The number of hydrogen-bond acceptors (Lipinski definition) is 2. The van der Waals surface area contributed by atoms with Crippen molar-refractivity contribution in [1.82, 2.24) is 15.3 Å². The van der Waals surface area contributed by atoms with Crippen LogP contribution in [-0.4, -0.2) is 16.5 Å². The number of rotatable bonds is 4. The molecule has 0 aliphatic rings. The fraction of sp³-hybridized carbons (Fsp3) is 0.417. The van der Waals surface area contributed by atoms with Crippen LogP contribution in [0.3, 0.4) is 0 Å². The van der Waals surface area contributed by atoms with Gasteiger partial charge < -0.3 is 10.3 Å². The SMILES string of the molecule is CCCNC(C)c1nc2c(Cl)cccc2[nH]1. The molecular formula is C12H16ClN3. The maximum absolute atomic E-state index is 6.08. The zero-order chi connectivity index (χ0) is 11.5. The van der Waals surface area contributed by atoms with E-state index in [4.69, 9.17) is 11.6 Å². The summed E-state index contributed by atoms with van der Waals surface area (Å²) in [6, 6.07) is 6.00. The van der Waals surface area contributed by atoms with Crippen molar-refractivity contribution in [3.8, 4) is 0 Å². The molecule has 4 heteroatoms. The topological polar surface area (TPSA) is 40.7 Å². The lowest BCUT2D eigenvalue weighted by Crippen LogP contribution is -2.20. The molecule has 86 valence electrons. The maximum Gasteiger partial charge on any atom is 0.124 e. The first kappa shape index (κ1) is 11.4. The first-order chi connectivity index (χ1) is 7.72. The number of hydrogen-bond donors (Lipinski definition) is 2. The second-order valence-electron chi connectivity index (χ2n) is 3.93. The molecule has 0 spiro atoms. The van der Waals surface area contributed by atoms with Crippen LogP contribution in [0.1, 0.15) is 32.1 Å². The number of halogens is 1. The van der Waals surface area contributed by atoms with Crippen LogP contribution >= 0.6 is 11.6 Å². The van der Waals surface area contributed by atoms with Gasteiger partial charge in [-0.05, 0) is 32.0 Å². The van der Waals surface area contributed by atoms with Crippen LogP contribution in [0.5, 0.6) is 0 Å². The minimum Gasteiger partial charge on any atom is -0.341 e. The van der Waals surface area contributed by atoms with Gasteiger partial charge in [-0.1, -0.05) is 24.6 Å². The van der Waals surface area contributed by atoms with Gasteiger partial charge in [-0.15, -0.1) is 0 Å². The third-order valence-electron chi connectivity index (χ3n) is 2.59. The molecular weight excluding hydrogens is 222 g/mol. The number of H-pyrrole nitrogens is 1. The van der Waals surface area contributed by atoms with Crippen molar-refractivity contribution in [3.63, 3.8) is 0 Å². The first-order valence-electron chi connectivity index (χ1n) is 5.60. The lowest BCUT2D eigenvalue weighted by Gasteiger charge is -2.09. The molecule has 0 bridgehead atoms. The van der Waals surface area contributed by atoms with Gasteiger partial charge in [-0.2, -0.15) is 0 Å². The lowest BCUT2D eigenvalue weighted by atomic mass is 10.3. The van der Waals surface area contributed by atoms with Crippen molar-refractivity contribution in [1.29, 1.82) is 0 Å². The van der Waals surface area contributed by atoms with E-state index >= 15 is 0 Å². The predicted molar refractivity (Wildman–Crippen MR) is 67.8 cm³/mol. The zero-order valence-electron chi connectivity index (χ0n) is 9.55. The summed E-state index contributed by atoms with van der Waals surface area (Å²) in [5.41, 5.74) is 1.84. The summed E-state index contributed by atoms with van der Waals surface area (Å²) in [5.74, 6) is 0.941. The Morgan fingerprint density at radius 2 is 2.31 bits per heavy atom. The summed E-state index contributed by atoms with van der Waals surface area (Å²) < 4.78 is 0. The minimum absolute atomic E-state index is 0.225. The van der Waals surface area contributed by atoms with E-state index in [1.807, 2.05) is 18.2 Å². The fourth-order valence-electron chi connectivity index (χ4n) is 1.68. The highest BCUT2D eigenvalue weighted by Crippen LogP contribution is 2.22. The van der Waals surface area contributed by atoms with Crippen molar-refractivity contribution in [2.75, 3.05) is 6.54 Å². The van der Waals surface area contributed by atoms with Crippen LogP contribution in [-0.2, 0) is 0 Å². The van der Waals surface area contributed by atoms with E-state index < -0.39 is 0 Å². The van der Waals surface area contributed by atoms with E-state index in [-0.39, 0.29) is 6.04 Å². The summed E-state index contributed by atoms with van der Waals surface area (Å²) in [5, 5.41) is 4.09. The Morgan fingerprint density at radius 3 is 3.00 bits per heavy atom. The zero-order valence-corrected chi connectivity index (χ0v) is 10.3. The normalized spacial score (nSPS) is 13.2. The van der Waals surface area contributed by atoms with Gasteiger partial charge in [-0.25, -0.2) is 4.98 Å². The third kappa shape index (κ3) is 2.20. The van der Waals surface area contributed by atoms with Crippen molar-refractivity contribution in [3.05, 3.63) is 29.0 Å². The van der Waals surface area contributed by atoms with E-state index in [9.17, 15) is 0 Å². The van der Waals surface area contributed by atoms with E-state index in [0.717, 1.165) is 29.8 Å². The molecule has 1 aromatic heterocycles. The largest absolute Gasteiger partial charge is 0.341 e. The third-order valence-corrected chi connectivity index (χ3v) is 2.90. The maximum atomic E-state index is 6.08. The Balaban J connectivity index is 2.29. The van der Waals surface area contributed by atoms with Crippen LogP contribution < -0.4 is 5.32 Å². The predicted octanol–water partition coefficient (Wildman–Crippen LogP) is 3.28. The van der Waals surface area contributed by atoms with Crippen LogP contribution in [0.4, 0.5) is 0 Å². The molecule has 2 N–H and O–H groups in total. The molecule has 0 fully saturated rings. The second-order valence-corrected chi connectivity index (χ2v) is 4.34. The van der Waals surface area contributed by atoms with Crippen LogP contribution in [0.2, 0.25) is 5.02 Å². The van der Waals surface area contributed by atoms with E-state index in [1.165, 1.54) is 0 Å². The smallest absolute Gasteiger partial charge is 0.124 e. The Kier molecular flexibility index (Phi) is 3.46. The number of nitrogens with zero attached hydrogens (tertiary/aromatic N) is 1. The summed E-state index contributed by atoms with van der Waals surface area (Å²) in [7, 11) is 0. The highest BCUT2D eigenvalue weighted by Gasteiger charge is 2.11. The van der Waals surface area contributed by atoms with Crippen LogP contribution in [0.25, 0.3) is 11.0 Å². The molecule has 2 rings (SSSR count). The average molecular weight is 238 g/mol. The van der Waals surface area contributed by atoms with Crippen molar-refractivity contribution < 1.29 is 0 Å². The van der Waals surface area contributed by atoms with Crippen LogP contribution in [0, 0.1) is 0 Å². The van der Waals surface area contributed by atoms with Crippen LogP contribution in [0.15, 0.2) is 18.2 Å². The summed E-state index contributed by atoms with van der Waals surface area (Å²) in [4.78, 5) is 7.80.